The van der Waals surface area contributed by atoms with Crippen LogP contribution in [0.2, 0.25) is 0 Å². The maximum Gasteiger partial charge on any atom is 0.236 e. The molecule has 1 amide bonds. The lowest BCUT2D eigenvalue weighted by molar-refractivity contribution is -0.116. The first-order valence-corrected chi connectivity index (χ1v) is 6.60. The van der Waals surface area contributed by atoms with Crippen LogP contribution in [0.1, 0.15) is 25.7 Å². The lowest BCUT2D eigenvalue weighted by atomic mass is 10.1. The van der Waals surface area contributed by atoms with Gasteiger partial charge in [-0.05, 0) is 25.0 Å². The van der Waals surface area contributed by atoms with E-state index in [9.17, 15) is 4.79 Å². The maximum absolute atomic E-state index is 11.3. The fraction of sp³-hybridized carbons (Fsp3) is 0.500. The van der Waals surface area contributed by atoms with Gasteiger partial charge in [-0.25, -0.2) is 0 Å². The first kappa shape index (κ1) is 13.5. The Bertz CT molecular complexity index is 456. The molecule has 1 saturated carbocycles. The number of nitrogens with two attached hydrogens (primary N) is 2. The van der Waals surface area contributed by atoms with E-state index in [0.29, 0.717) is 17.5 Å². The number of methoxy groups -OCH3 is 1. The summed E-state index contributed by atoms with van der Waals surface area (Å²) < 4.78 is 5.15. The van der Waals surface area contributed by atoms with Crippen LogP contribution in [0.15, 0.2) is 18.2 Å². The Morgan fingerprint density at radius 2 is 2.11 bits per heavy atom. The molecule has 5 nitrogen and oxygen atoms in total. The number of nitrogen functional groups attached to an aromatic ring is 1. The van der Waals surface area contributed by atoms with Crippen molar-refractivity contribution in [1.82, 2.24) is 0 Å². The van der Waals surface area contributed by atoms with E-state index < -0.39 is 0 Å². The van der Waals surface area contributed by atoms with Gasteiger partial charge in [-0.3, -0.25) is 4.79 Å². The average Bonchev–Trinajstić information content (AvgIpc) is 2.89. The molecule has 0 radical (unpaired) electrons. The highest BCUT2D eigenvalue weighted by atomic mass is 16.5. The molecule has 1 fully saturated rings. The number of benzene rings is 1. The summed E-state index contributed by atoms with van der Waals surface area (Å²) in [5, 5.41) is 0. The van der Waals surface area contributed by atoms with Crippen LogP contribution >= 0.6 is 0 Å². The van der Waals surface area contributed by atoms with Gasteiger partial charge in [0.05, 0.1) is 25.0 Å². The lowest BCUT2D eigenvalue weighted by Crippen LogP contribution is -2.40. The molecular formula is C14H21N3O2. The second kappa shape index (κ2) is 5.82. The van der Waals surface area contributed by atoms with Gasteiger partial charge >= 0.3 is 0 Å². The van der Waals surface area contributed by atoms with Crippen molar-refractivity contribution in [2.45, 2.75) is 31.7 Å². The van der Waals surface area contributed by atoms with E-state index >= 15 is 0 Å². The Hall–Kier alpha value is -1.91. The molecule has 4 N–H and O–H groups in total. The van der Waals surface area contributed by atoms with Crippen molar-refractivity contribution in [2.24, 2.45) is 5.73 Å². The summed E-state index contributed by atoms with van der Waals surface area (Å²) in [5.41, 5.74) is 12.9. The summed E-state index contributed by atoms with van der Waals surface area (Å²) in [7, 11) is 1.60. The Balaban J connectivity index is 2.28. The highest BCUT2D eigenvalue weighted by Gasteiger charge is 2.25. The number of hydrogen-bond donors (Lipinski definition) is 2. The predicted octanol–water partition coefficient (Wildman–Crippen LogP) is 1.51. The standard InChI is InChI=1S/C14H21N3O2/c1-19-11-6-7-13(12(15)8-11)17(9-14(16)18)10-4-2-3-5-10/h6-8,10H,2-5,9,15H2,1H3,(H2,16,18). The van der Waals surface area contributed by atoms with Crippen LogP contribution in [0.25, 0.3) is 0 Å². The number of carbonyl (C=O) groups is 1. The van der Waals surface area contributed by atoms with Gasteiger partial charge in [-0.1, -0.05) is 12.8 Å². The van der Waals surface area contributed by atoms with Crippen LogP contribution in [-0.2, 0) is 4.79 Å². The molecule has 0 spiro atoms. The molecule has 1 aromatic carbocycles. The normalized spacial score (nSPS) is 15.4. The van der Waals surface area contributed by atoms with E-state index in [1.54, 1.807) is 13.2 Å². The minimum Gasteiger partial charge on any atom is -0.497 e. The van der Waals surface area contributed by atoms with Gasteiger partial charge < -0.3 is 21.1 Å². The maximum atomic E-state index is 11.3. The van der Waals surface area contributed by atoms with Gasteiger partial charge in [-0.2, -0.15) is 0 Å². The van der Waals surface area contributed by atoms with Gasteiger partial charge in [0.25, 0.3) is 0 Å². The van der Waals surface area contributed by atoms with Gasteiger partial charge in [0.15, 0.2) is 0 Å². The van der Waals surface area contributed by atoms with E-state index in [2.05, 4.69) is 0 Å². The molecule has 1 aromatic rings. The number of carbonyl (C=O) groups excluding carboxylic acids is 1. The van der Waals surface area contributed by atoms with E-state index in [4.69, 9.17) is 16.2 Å². The number of nitrogens with zero attached hydrogens (tertiary/aromatic N) is 1. The fourth-order valence-corrected chi connectivity index (χ4v) is 2.72. The average molecular weight is 263 g/mol. The highest BCUT2D eigenvalue weighted by Crippen LogP contribution is 2.33. The molecule has 0 bridgehead atoms. The van der Waals surface area contributed by atoms with Crippen LogP contribution in [0, 0.1) is 0 Å². The summed E-state index contributed by atoms with van der Waals surface area (Å²) in [4.78, 5) is 13.3. The number of hydrogen-bond acceptors (Lipinski definition) is 4. The van der Waals surface area contributed by atoms with E-state index in [1.165, 1.54) is 12.8 Å². The molecule has 0 aromatic heterocycles. The Labute approximate surface area is 113 Å². The van der Waals surface area contributed by atoms with Crippen molar-refractivity contribution in [3.05, 3.63) is 18.2 Å². The number of primary amides is 1. The summed E-state index contributed by atoms with van der Waals surface area (Å²) in [5.74, 6) is 0.383. The zero-order chi connectivity index (χ0) is 13.8. The van der Waals surface area contributed by atoms with Crippen LogP contribution in [0.4, 0.5) is 11.4 Å². The quantitative estimate of drug-likeness (QED) is 0.789. The second-order valence-corrected chi connectivity index (χ2v) is 4.96. The molecule has 5 heteroatoms. The third-order valence-electron chi connectivity index (χ3n) is 3.64. The molecule has 0 heterocycles. The first-order valence-electron chi connectivity index (χ1n) is 6.60. The van der Waals surface area contributed by atoms with Crippen molar-refractivity contribution in [1.29, 1.82) is 0 Å². The topological polar surface area (TPSA) is 81.6 Å². The zero-order valence-corrected chi connectivity index (χ0v) is 11.3. The lowest BCUT2D eigenvalue weighted by Gasteiger charge is -2.31. The minimum atomic E-state index is -0.331. The summed E-state index contributed by atoms with van der Waals surface area (Å²) in [6.45, 7) is 0.210. The molecule has 2 rings (SSSR count). The molecule has 0 atom stereocenters. The van der Waals surface area contributed by atoms with Crippen molar-refractivity contribution >= 4 is 17.3 Å². The number of amides is 1. The monoisotopic (exact) mass is 263 g/mol. The van der Waals surface area contributed by atoms with Crippen molar-refractivity contribution in [2.75, 3.05) is 24.3 Å². The largest absolute Gasteiger partial charge is 0.497 e. The van der Waals surface area contributed by atoms with Gasteiger partial charge in [0.2, 0.25) is 5.91 Å². The Morgan fingerprint density at radius 1 is 1.42 bits per heavy atom. The van der Waals surface area contributed by atoms with Crippen molar-refractivity contribution < 1.29 is 9.53 Å². The molecule has 0 unspecified atom stereocenters. The van der Waals surface area contributed by atoms with Crippen molar-refractivity contribution in [3.8, 4) is 5.75 Å². The molecule has 1 aliphatic rings. The minimum absolute atomic E-state index is 0.210. The number of ether oxygens (including phenoxy) is 1. The first-order chi connectivity index (χ1) is 9.11. The summed E-state index contributed by atoms with van der Waals surface area (Å²) >= 11 is 0. The molecule has 1 aliphatic carbocycles. The van der Waals surface area contributed by atoms with Crippen LogP contribution in [-0.4, -0.2) is 25.6 Å². The Kier molecular flexibility index (Phi) is 4.14. The number of anilines is 2. The molecular weight excluding hydrogens is 242 g/mol. The van der Waals surface area contributed by atoms with Gasteiger partial charge in [0.1, 0.15) is 5.75 Å². The highest BCUT2D eigenvalue weighted by molar-refractivity contribution is 5.82. The summed E-state index contributed by atoms with van der Waals surface area (Å²) in [6.07, 6.45) is 4.55. The van der Waals surface area contributed by atoms with Crippen molar-refractivity contribution in [3.63, 3.8) is 0 Å². The van der Waals surface area contributed by atoms with Crippen LogP contribution in [0.3, 0.4) is 0 Å². The predicted molar refractivity (Wildman–Crippen MR) is 76.2 cm³/mol. The zero-order valence-electron chi connectivity index (χ0n) is 11.3. The van der Waals surface area contributed by atoms with Gasteiger partial charge in [0, 0.05) is 12.1 Å². The van der Waals surface area contributed by atoms with Crippen LogP contribution < -0.4 is 21.1 Å². The smallest absolute Gasteiger partial charge is 0.236 e. The molecule has 0 aliphatic heterocycles. The molecule has 104 valence electrons. The van der Waals surface area contributed by atoms with E-state index in [0.717, 1.165) is 18.5 Å². The van der Waals surface area contributed by atoms with E-state index in [-0.39, 0.29) is 12.5 Å². The third kappa shape index (κ3) is 3.10. The van der Waals surface area contributed by atoms with Gasteiger partial charge in [-0.15, -0.1) is 0 Å². The summed E-state index contributed by atoms with van der Waals surface area (Å²) in [6, 6.07) is 5.88. The second-order valence-electron chi connectivity index (χ2n) is 4.96. The number of rotatable bonds is 5. The Morgan fingerprint density at radius 3 is 2.63 bits per heavy atom. The molecule has 19 heavy (non-hydrogen) atoms. The molecule has 0 saturated heterocycles. The van der Waals surface area contributed by atoms with E-state index in [1.807, 2.05) is 17.0 Å². The SMILES string of the molecule is COc1ccc(N(CC(N)=O)C2CCCC2)c(N)c1. The van der Waals surface area contributed by atoms with Crippen LogP contribution in [0.5, 0.6) is 5.75 Å². The fourth-order valence-electron chi connectivity index (χ4n) is 2.72. The third-order valence-corrected chi connectivity index (χ3v) is 3.64.